The van der Waals surface area contributed by atoms with E-state index in [1.807, 2.05) is 81.4 Å². The predicted molar refractivity (Wildman–Crippen MR) is 214 cm³/mol. The highest BCUT2D eigenvalue weighted by molar-refractivity contribution is 6.04. The van der Waals surface area contributed by atoms with Crippen LogP contribution in [0.3, 0.4) is 0 Å². The molecule has 0 aliphatic carbocycles. The number of oxime groups is 1. The topological polar surface area (TPSA) is 129 Å². The molecule has 6 rings (SSSR count). The molecule has 284 valence electrons. The third-order valence-electron chi connectivity index (χ3n) is 9.15. The SMILES string of the molecule is CCN(CC)c1ccc(-c2nc(-c3ccc(C4=NOC(C(=O)OC(C)(C)C)C4)cc3)c(-c3ccc(C=CC(=O)NCCc4ccc(F)cc4)cc3)[nH]2)c(O)c1. The van der Waals surface area contributed by atoms with Gasteiger partial charge < -0.3 is 29.9 Å². The highest BCUT2D eigenvalue weighted by Gasteiger charge is 2.33. The van der Waals surface area contributed by atoms with E-state index in [2.05, 4.69) is 34.2 Å². The van der Waals surface area contributed by atoms with Crippen LogP contribution in [0.1, 0.15) is 57.7 Å². The van der Waals surface area contributed by atoms with E-state index in [4.69, 9.17) is 14.6 Å². The number of carbonyl (C=O) groups excluding carboxylic acids is 2. The molecule has 2 heterocycles. The van der Waals surface area contributed by atoms with Gasteiger partial charge in [0, 0.05) is 55.0 Å². The molecule has 0 saturated carbocycles. The van der Waals surface area contributed by atoms with Crippen LogP contribution < -0.4 is 10.2 Å². The Labute approximate surface area is 320 Å². The quantitative estimate of drug-likeness (QED) is 0.0818. The number of phenols is 1. The summed E-state index contributed by atoms with van der Waals surface area (Å²) in [6.07, 6.45) is 3.33. The lowest BCUT2D eigenvalue weighted by molar-refractivity contribution is -0.166. The molecule has 0 saturated heterocycles. The van der Waals surface area contributed by atoms with Crippen molar-refractivity contribution in [1.29, 1.82) is 0 Å². The van der Waals surface area contributed by atoms with E-state index in [9.17, 15) is 19.1 Å². The molecule has 1 amide bonds. The normalized spacial score (nSPS) is 14.1. The minimum atomic E-state index is -0.796. The maximum atomic E-state index is 13.2. The third-order valence-corrected chi connectivity index (χ3v) is 9.15. The van der Waals surface area contributed by atoms with Crippen molar-refractivity contribution in [3.05, 3.63) is 120 Å². The van der Waals surface area contributed by atoms with Crippen LogP contribution in [0, 0.1) is 5.82 Å². The molecule has 11 heteroatoms. The smallest absolute Gasteiger partial charge is 0.351 e. The van der Waals surface area contributed by atoms with Crippen LogP contribution in [0.4, 0.5) is 10.1 Å². The molecule has 5 aromatic rings. The van der Waals surface area contributed by atoms with Crippen LogP contribution in [0.5, 0.6) is 5.75 Å². The lowest BCUT2D eigenvalue weighted by Gasteiger charge is -2.21. The molecular formula is C44H46FN5O5. The lowest BCUT2D eigenvalue weighted by atomic mass is 10.00. The lowest BCUT2D eigenvalue weighted by Crippen LogP contribution is -2.32. The van der Waals surface area contributed by atoms with Gasteiger partial charge in [-0.1, -0.05) is 65.8 Å². The monoisotopic (exact) mass is 743 g/mol. The average molecular weight is 744 g/mol. The number of hydrogen-bond acceptors (Lipinski definition) is 8. The second-order valence-electron chi connectivity index (χ2n) is 14.3. The summed E-state index contributed by atoms with van der Waals surface area (Å²) in [5, 5.41) is 18.2. The number of imidazole rings is 1. The summed E-state index contributed by atoms with van der Waals surface area (Å²) in [4.78, 5) is 41.1. The molecule has 1 aliphatic rings. The molecule has 3 N–H and O–H groups in total. The van der Waals surface area contributed by atoms with Crippen molar-refractivity contribution in [3.63, 3.8) is 0 Å². The molecule has 1 aliphatic heterocycles. The summed E-state index contributed by atoms with van der Waals surface area (Å²) in [6, 6.07) is 27.3. The van der Waals surface area contributed by atoms with Crippen LogP contribution in [-0.4, -0.2) is 64.0 Å². The first-order valence-corrected chi connectivity index (χ1v) is 18.5. The fourth-order valence-electron chi connectivity index (χ4n) is 6.26. The van der Waals surface area contributed by atoms with Gasteiger partial charge in [0.1, 0.15) is 23.0 Å². The summed E-state index contributed by atoms with van der Waals surface area (Å²) >= 11 is 0. The number of phenolic OH excluding ortho intramolecular Hbond substituents is 1. The first-order chi connectivity index (χ1) is 26.4. The zero-order valence-electron chi connectivity index (χ0n) is 31.7. The van der Waals surface area contributed by atoms with E-state index >= 15 is 0 Å². The number of rotatable bonds is 13. The van der Waals surface area contributed by atoms with Crippen LogP contribution in [0.15, 0.2) is 102 Å². The van der Waals surface area contributed by atoms with E-state index in [0.717, 1.165) is 52.3 Å². The number of aromatic hydroxyl groups is 1. The van der Waals surface area contributed by atoms with Crippen molar-refractivity contribution in [1.82, 2.24) is 15.3 Å². The highest BCUT2D eigenvalue weighted by Crippen LogP contribution is 2.37. The van der Waals surface area contributed by atoms with Crippen LogP contribution in [0.2, 0.25) is 0 Å². The van der Waals surface area contributed by atoms with Crippen molar-refractivity contribution in [3.8, 4) is 39.7 Å². The Hall–Kier alpha value is -6.23. The molecule has 1 atom stereocenters. The number of ether oxygens (including phenoxy) is 1. The molecule has 0 radical (unpaired) electrons. The second kappa shape index (κ2) is 16.8. The number of amides is 1. The van der Waals surface area contributed by atoms with Crippen molar-refractivity contribution in [2.24, 2.45) is 5.16 Å². The van der Waals surface area contributed by atoms with Gasteiger partial charge in [0.25, 0.3) is 0 Å². The largest absolute Gasteiger partial charge is 0.507 e. The number of carbonyl (C=O) groups is 2. The maximum Gasteiger partial charge on any atom is 0.351 e. The van der Waals surface area contributed by atoms with Crippen molar-refractivity contribution < 1.29 is 28.7 Å². The molecule has 0 bridgehead atoms. The standard InChI is InChI=1S/C44H46FN5O5/c1-6-50(7-2)34-21-22-35(37(51)26-34)42-47-40(31-13-8-28(9-14-31)12-23-39(52)46-25-24-29-10-19-33(45)20-11-29)41(48-42)32-17-15-30(16-18-32)36-27-38(55-49-36)43(53)54-44(3,4)5/h8-23,26,38,51H,6-7,24-25,27H2,1-5H3,(H,46,52)(H,47,48). The molecule has 55 heavy (non-hydrogen) atoms. The van der Waals surface area contributed by atoms with Crippen LogP contribution >= 0.6 is 0 Å². The molecule has 1 aromatic heterocycles. The highest BCUT2D eigenvalue weighted by atomic mass is 19.1. The number of nitrogens with one attached hydrogen (secondary N) is 2. The summed E-state index contributed by atoms with van der Waals surface area (Å²) in [6.45, 7) is 11.6. The Morgan fingerprint density at radius 3 is 2.29 bits per heavy atom. The zero-order valence-corrected chi connectivity index (χ0v) is 31.7. The van der Waals surface area contributed by atoms with Crippen molar-refractivity contribution >= 4 is 29.4 Å². The van der Waals surface area contributed by atoms with Gasteiger partial charge in [-0.15, -0.1) is 0 Å². The number of H-pyrrole nitrogens is 1. The summed E-state index contributed by atoms with van der Waals surface area (Å²) < 4.78 is 18.6. The Morgan fingerprint density at radius 1 is 0.964 bits per heavy atom. The molecule has 1 unspecified atom stereocenters. The molecular weight excluding hydrogens is 698 g/mol. The van der Waals surface area contributed by atoms with Gasteiger partial charge >= 0.3 is 5.97 Å². The third kappa shape index (κ3) is 9.66. The van der Waals surface area contributed by atoms with Gasteiger partial charge in [0.15, 0.2) is 0 Å². The molecule has 0 fully saturated rings. The molecule has 4 aromatic carbocycles. The fourth-order valence-corrected chi connectivity index (χ4v) is 6.26. The summed E-state index contributed by atoms with van der Waals surface area (Å²) in [5.74, 6) is -0.344. The number of aromatic nitrogens is 2. The van der Waals surface area contributed by atoms with Gasteiger partial charge in [0.2, 0.25) is 12.0 Å². The first kappa shape index (κ1) is 38.5. The number of hydrogen-bond donors (Lipinski definition) is 3. The van der Waals surface area contributed by atoms with Gasteiger partial charge in [-0.05, 0) is 88.1 Å². The van der Waals surface area contributed by atoms with E-state index in [-0.39, 0.29) is 17.5 Å². The number of nitrogens with zero attached hydrogens (tertiary/aromatic N) is 3. The van der Waals surface area contributed by atoms with Crippen LogP contribution in [-0.2, 0) is 25.6 Å². The Kier molecular flexibility index (Phi) is 11.8. The zero-order chi connectivity index (χ0) is 39.1. The average Bonchev–Trinajstić information content (AvgIpc) is 3.84. The predicted octanol–water partition coefficient (Wildman–Crippen LogP) is 8.31. The van der Waals surface area contributed by atoms with E-state index in [1.54, 1.807) is 24.3 Å². The van der Waals surface area contributed by atoms with E-state index in [1.165, 1.54) is 18.2 Å². The van der Waals surface area contributed by atoms with E-state index < -0.39 is 17.7 Å². The number of anilines is 1. The first-order valence-electron chi connectivity index (χ1n) is 18.5. The molecule has 0 spiro atoms. The van der Waals surface area contributed by atoms with E-state index in [0.29, 0.717) is 42.2 Å². The van der Waals surface area contributed by atoms with Crippen LogP contribution in [0.25, 0.3) is 40.0 Å². The summed E-state index contributed by atoms with van der Waals surface area (Å²) in [5.41, 5.74) is 7.19. The number of aromatic amines is 1. The summed E-state index contributed by atoms with van der Waals surface area (Å²) in [7, 11) is 0. The van der Waals surface area contributed by atoms with Crippen molar-refractivity contribution in [2.45, 2.75) is 59.2 Å². The number of esters is 1. The second-order valence-corrected chi connectivity index (χ2v) is 14.3. The number of halogens is 1. The van der Waals surface area contributed by atoms with Crippen molar-refractivity contribution in [2.75, 3.05) is 24.5 Å². The molecule has 10 nitrogen and oxygen atoms in total. The maximum absolute atomic E-state index is 13.2. The Bertz CT molecular complexity index is 2180. The van der Waals surface area contributed by atoms with Gasteiger partial charge in [-0.25, -0.2) is 14.2 Å². The minimum Gasteiger partial charge on any atom is -0.507 e. The number of benzene rings is 4. The van der Waals surface area contributed by atoms with Gasteiger partial charge in [-0.2, -0.15) is 0 Å². The van der Waals surface area contributed by atoms with Gasteiger partial charge in [0.05, 0.1) is 22.7 Å². The van der Waals surface area contributed by atoms with Gasteiger partial charge in [-0.3, -0.25) is 4.79 Å². The Balaban J connectivity index is 1.23. The minimum absolute atomic E-state index is 0.113. The fraction of sp³-hybridized carbons (Fsp3) is 0.273. The Morgan fingerprint density at radius 2 is 1.64 bits per heavy atom.